The molecule has 4 nitrogen and oxygen atoms in total. The van der Waals surface area contributed by atoms with Gasteiger partial charge in [0.2, 0.25) is 0 Å². The van der Waals surface area contributed by atoms with Crippen molar-refractivity contribution in [2.75, 3.05) is 20.2 Å². The van der Waals surface area contributed by atoms with Crippen molar-refractivity contribution in [2.45, 2.75) is 12.2 Å². The van der Waals surface area contributed by atoms with Crippen molar-refractivity contribution in [2.24, 2.45) is 0 Å². The van der Waals surface area contributed by atoms with Gasteiger partial charge in [0.05, 0.1) is 16.1 Å². The number of aliphatic hydroxyl groups excluding tert-OH is 1. The van der Waals surface area contributed by atoms with E-state index in [1.807, 2.05) is 12.1 Å². The Morgan fingerprint density at radius 1 is 1.24 bits per heavy atom. The van der Waals surface area contributed by atoms with Gasteiger partial charge in [-0.05, 0) is 44.0 Å². The standard InChI is InChI=1S/C11H13Br2NO3/c1-16-9-2-7(13)10(3-6(9)12)17-11-5-14-4-8(11)15/h2-3,8,11,14-15H,4-5H2,1H3. The Balaban J connectivity index is 2.18. The molecule has 2 atom stereocenters. The van der Waals surface area contributed by atoms with Gasteiger partial charge in [0.1, 0.15) is 23.7 Å². The predicted molar refractivity (Wildman–Crippen MR) is 71.7 cm³/mol. The summed E-state index contributed by atoms with van der Waals surface area (Å²) in [4.78, 5) is 0. The fourth-order valence-electron chi connectivity index (χ4n) is 1.68. The summed E-state index contributed by atoms with van der Waals surface area (Å²) in [5.74, 6) is 1.42. The van der Waals surface area contributed by atoms with E-state index in [9.17, 15) is 5.11 Å². The highest BCUT2D eigenvalue weighted by molar-refractivity contribution is 9.11. The van der Waals surface area contributed by atoms with Gasteiger partial charge in [-0.15, -0.1) is 0 Å². The van der Waals surface area contributed by atoms with Gasteiger partial charge in [-0.1, -0.05) is 0 Å². The van der Waals surface area contributed by atoms with Crippen LogP contribution in [0.15, 0.2) is 21.1 Å². The largest absolute Gasteiger partial charge is 0.496 e. The van der Waals surface area contributed by atoms with Crippen LogP contribution < -0.4 is 14.8 Å². The Morgan fingerprint density at radius 2 is 1.88 bits per heavy atom. The fourth-order valence-corrected chi connectivity index (χ4v) is 2.58. The number of benzene rings is 1. The molecule has 1 aromatic carbocycles. The van der Waals surface area contributed by atoms with Gasteiger partial charge in [-0.3, -0.25) is 0 Å². The summed E-state index contributed by atoms with van der Waals surface area (Å²) in [6.45, 7) is 1.22. The second-order valence-corrected chi connectivity index (χ2v) is 5.51. The van der Waals surface area contributed by atoms with Gasteiger partial charge >= 0.3 is 0 Å². The average molecular weight is 367 g/mol. The maximum Gasteiger partial charge on any atom is 0.138 e. The lowest BCUT2D eigenvalue weighted by molar-refractivity contribution is 0.0732. The molecule has 0 bridgehead atoms. The van der Waals surface area contributed by atoms with Crippen LogP contribution in [0.2, 0.25) is 0 Å². The van der Waals surface area contributed by atoms with Crippen LogP contribution in [0, 0.1) is 0 Å². The SMILES string of the molecule is COc1cc(Br)c(OC2CNCC2O)cc1Br. The van der Waals surface area contributed by atoms with Crippen LogP contribution in [0.5, 0.6) is 11.5 Å². The first-order valence-electron chi connectivity index (χ1n) is 5.20. The van der Waals surface area contributed by atoms with Crippen LogP contribution in [-0.4, -0.2) is 37.5 Å². The molecule has 0 saturated carbocycles. The van der Waals surface area contributed by atoms with Gasteiger partial charge < -0.3 is 19.9 Å². The number of methoxy groups -OCH3 is 1. The third kappa shape index (κ3) is 2.93. The van der Waals surface area contributed by atoms with Gasteiger partial charge in [-0.25, -0.2) is 0 Å². The smallest absolute Gasteiger partial charge is 0.138 e. The number of β-amino-alcohol motifs (C(OH)–C–C–N with tert-alkyl or cyclic N) is 1. The van der Waals surface area contributed by atoms with Crippen LogP contribution >= 0.6 is 31.9 Å². The molecular formula is C11H13Br2NO3. The first-order chi connectivity index (χ1) is 8.11. The summed E-state index contributed by atoms with van der Waals surface area (Å²) >= 11 is 6.82. The number of hydrogen-bond donors (Lipinski definition) is 2. The van der Waals surface area contributed by atoms with Crippen molar-refractivity contribution in [1.82, 2.24) is 5.32 Å². The molecule has 2 rings (SSSR count). The summed E-state index contributed by atoms with van der Waals surface area (Å²) in [5, 5.41) is 12.7. The Hall–Kier alpha value is -0.300. The Bertz CT molecular complexity index is 414. The highest BCUT2D eigenvalue weighted by Gasteiger charge is 2.27. The second-order valence-electron chi connectivity index (χ2n) is 3.80. The lowest BCUT2D eigenvalue weighted by atomic mass is 10.2. The molecule has 0 spiro atoms. The summed E-state index contributed by atoms with van der Waals surface area (Å²) < 4.78 is 12.6. The molecule has 1 aromatic rings. The van der Waals surface area contributed by atoms with Crippen molar-refractivity contribution in [1.29, 1.82) is 0 Å². The van der Waals surface area contributed by atoms with Gasteiger partial charge in [-0.2, -0.15) is 0 Å². The van der Waals surface area contributed by atoms with Crippen LogP contribution in [0.25, 0.3) is 0 Å². The Morgan fingerprint density at radius 3 is 2.47 bits per heavy atom. The van der Waals surface area contributed by atoms with Crippen LogP contribution in [0.4, 0.5) is 0 Å². The average Bonchev–Trinajstić information content (AvgIpc) is 2.69. The van der Waals surface area contributed by atoms with Crippen molar-refractivity contribution >= 4 is 31.9 Å². The molecule has 17 heavy (non-hydrogen) atoms. The molecule has 2 unspecified atom stereocenters. The van der Waals surface area contributed by atoms with E-state index in [-0.39, 0.29) is 6.10 Å². The number of rotatable bonds is 3. The number of aliphatic hydroxyl groups is 1. The molecule has 0 radical (unpaired) electrons. The molecule has 94 valence electrons. The first-order valence-corrected chi connectivity index (χ1v) is 6.79. The van der Waals surface area contributed by atoms with Crippen molar-refractivity contribution in [3.05, 3.63) is 21.1 Å². The predicted octanol–water partition coefficient (Wildman–Crippen LogP) is 1.93. The van der Waals surface area contributed by atoms with Gasteiger partial charge in [0.15, 0.2) is 0 Å². The van der Waals surface area contributed by atoms with E-state index >= 15 is 0 Å². The molecule has 0 aliphatic carbocycles. The maximum absolute atomic E-state index is 9.67. The van der Waals surface area contributed by atoms with E-state index in [0.29, 0.717) is 18.8 Å². The first kappa shape index (κ1) is 13.1. The highest BCUT2D eigenvalue weighted by atomic mass is 79.9. The van der Waals surface area contributed by atoms with E-state index in [4.69, 9.17) is 9.47 Å². The molecule has 1 heterocycles. The summed E-state index contributed by atoms with van der Waals surface area (Å²) in [6.07, 6.45) is -0.686. The molecule has 1 aliphatic heterocycles. The zero-order valence-corrected chi connectivity index (χ0v) is 12.4. The van der Waals surface area contributed by atoms with E-state index in [0.717, 1.165) is 14.7 Å². The molecule has 1 saturated heterocycles. The monoisotopic (exact) mass is 365 g/mol. The fraction of sp³-hybridized carbons (Fsp3) is 0.455. The van der Waals surface area contributed by atoms with Crippen molar-refractivity contribution in [3.63, 3.8) is 0 Å². The van der Waals surface area contributed by atoms with E-state index in [1.165, 1.54) is 0 Å². The number of nitrogens with one attached hydrogen (secondary N) is 1. The van der Waals surface area contributed by atoms with E-state index in [1.54, 1.807) is 7.11 Å². The van der Waals surface area contributed by atoms with Gasteiger partial charge in [0, 0.05) is 13.1 Å². The molecule has 1 fully saturated rings. The summed E-state index contributed by atoms with van der Waals surface area (Å²) in [7, 11) is 1.61. The molecule has 1 aliphatic rings. The molecular weight excluding hydrogens is 354 g/mol. The van der Waals surface area contributed by atoms with Crippen LogP contribution in [-0.2, 0) is 0 Å². The minimum atomic E-state index is -0.470. The van der Waals surface area contributed by atoms with E-state index in [2.05, 4.69) is 37.2 Å². The third-order valence-electron chi connectivity index (χ3n) is 2.61. The minimum absolute atomic E-state index is 0.216. The molecule has 6 heteroatoms. The third-order valence-corrected chi connectivity index (χ3v) is 3.85. The Kier molecular flexibility index (Phi) is 4.30. The zero-order chi connectivity index (χ0) is 12.4. The topological polar surface area (TPSA) is 50.7 Å². The molecule has 0 amide bonds. The quantitative estimate of drug-likeness (QED) is 0.858. The molecule has 2 N–H and O–H groups in total. The summed E-state index contributed by atoms with van der Waals surface area (Å²) in [6, 6.07) is 3.65. The maximum atomic E-state index is 9.67. The van der Waals surface area contributed by atoms with Crippen LogP contribution in [0.3, 0.4) is 0 Å². The molecule has 0 aromatic heterocycles. The summed E-state index contributed by atoms with van der Waals surface area (Å²) in [5.41, 5.74) is 0. The minimum Gasteiger partial charge on any atom is -0.496 e. The lowest BCUT2D eigenvalue weighted by Crippen LogP contribution is -2.29. The Labute approximate surface area is 117 Å². The van der Waals surface area contributed by atoms with Crippen LogP contribution in [0.1, 0.15) is 0 Å². The lowest BCUT2D eigenvalue weighted by Gasteiger charge is -2.18. The number of hydrogen-bond acceptors (Lipinski definition) is 4. The number of ether oxygens (including phenoxy) is 2. The highest BCUT2D eigenvalue weighted by Crippen LogP contribution is 2.36. The van der Waals surface area contributed by atoms with Crippen molar-refractivity contribution < 1.29 is 14.6 Å². The number of halogens is 2. The zero-order valence-electron chi connectivity index (χ0n) is 9.24. The second kappa shape index (κ2) is 5.56. The van der Waals surface area contributed by atoms with Gasteiger partial charge in [0.25, 0.3) is 0 Å². The van der Waals surface area contributed by atoms with Crippen molar-refractivity contribution in [3.8, 4) is 11.5 Å². The van der Waals surface area contributed by atoms with E-state index < -0.39 is 6.10 Å². The normalized spacial score (nSPS) is 23.8.